The van der Waals surface area contributed by atoms with Crippen LogP contribution >= 0.6 is 15.9 Å². The molecule has 0 N–H and O–H groups in total. The molecule has 0 unspecified atom stereocenters. The predicted molar refractivity (Wildman–Crippen MR) is 56.0 cm³/mol. The molecule has 4 heteroatoms. The number of hydrogen-bond acceptors (Lipinski definition) is 1. The van der Waals surface area contributed by atoms with Gasteiger partial charge in [-0.2, -0.15) is 0 Å². The molecule has 0 fully saturated rings. The van der Waals surface area contributed by atoms with Gasteiger partial charge in [0.2, 0.25) is 0 Å². The van der Waals surface area contributed by atoms with Gasteiger partial charge >= 0.3 is 0 Å². The summed E-state index contributed by atoms with van der Waals surface area (Å²) in [7, 11) is 1.77. The van der Waals surface area contributed by atoms with Gasteiger partial charge in [0.25, 0.3) is 0 Å². The van der Waals surface area contributed by atoms with E-state index in [0.29, 0.717) is 10.2 Å². The number of carbonyl (C=O) groups is 1. The van der Waals surface area contributed by atoms with Crippen LogP contribution in [0.15, 0.2) is 22.7 Å². The van der Waals surface area contributed by atoms with Crippen molar-refractivity contribution in [2.75, 3.05) is 0 Å². The van der Waals surface area contributed by atoms with Crippen molar-refractivity contribution in [1.29, 1.82) is 0 Å². The summed E-state index contributed by atoms with van der Waals surface area (Å²) in [6, 6.07) is 4.74. The maximum atomic E-state index is 13.1. The standard InChI is InChI=1S/C10H7BrFNO/c1-13-7(5-14)2-6-3-9(12)8(11)4-10(6)13/h2-5H,1H3. The highest BCUT2D eigenvalue weighted by molar-refractivity contribution is 9.10. The average molecular weight is 256 g/mol. The summed E-state index contributed by atoms with van der Waals surface area (Å²) in [4.78, 5) is 10.6. The predicted octanol–water partition coefficient (Wildman–Crippen LogP) is 2.89. The van der Waals surface area contributed by atoms with E-state index in [0.717, 1.165) is 17.2 Å². The molecule has 14 heavy (non-hydrogen) atoms. The van der Waals surface area contributed by atoms with Crippen molar-refractivity contribution < 1.29 is 9.18 Å². The summed E-state index contributed by atoms with van der Waals surface area (Å²) in [5.74, 6) is -0.319. The number of aldehydes is 1. The first-order chi connectivity index (χ1) is 6.63. The molecule has 0 amide bonds. The van der Waals surface area contributed by atoms with Gasteiger partial charge < -0.3 is 4.57 Å². The molecule has 1 heterocycles. The van der Waals surface area contributed by atoms with E-state index in [9.17, 15) is 9.18 Å². The van der Waals surface area contributed by atoms with Crippen molar-refractivity contribution in [2.24, 2.45) is 7.05 Å². The Kier molecular flexibility index (Phi) is 2.15. The van der Waals surface area contributed by atoms with Crippen LogP contribution in [-0.2, 0) is 7.05 Å². The van der Waals surface area contributed by atoms with Crippen LogP contribution in [0.25, 0.3) is 10.9 Å². The summed E-state index contributed by atoms with van der Waals surface area (Å²) in [6.07, 6.45) is 0.756. The molecule has 0 aliphatic carbocycles. The normalized spacial score (nSPS) is 10.8. The molecule has 0 spiro atoms. The van der Waals surface area contributed by atoms with Crippen LogP contribution in [0.2, 0.25) is 0 Å². The van der Waals surface area contributed by atoms with Crippen LogP contribution in [-0.4, -0.2) is 10.9 Å². The number of hydrogen-bond donors (Lipinski definition) is 0. The lowest BCUT2D eigenvalue weighted by molar-refractivity contribution is 0.111. The fourth-order valence-corrected chi connectivity index (χ4v) is 1.80. The molecule has 2 aromatic rings. The summed E-state index contributed by atoms with van der Waals surface area (Å²) in [5.41, 5.74) is 1.37. The fourth-order valence-electron chi connectivity index (χ4n) is 1.47. The van der Waals surface area contributed by atoms with Crippen molar-refractivity contribution in [3.05, 3.63) is 34.2 Å². The van der Waals surface area contributed by atoms with Crippen molar-refractivity contribution >= 4 is 33.1 Å². The van der Waals surface area contributed by atoms with Crippen LogP contribution in [0, 0.1) is 5.82 Å². The van der Waals surface area contributed by atoms with Crippen LogP contribution in [0.4, 0.5) is 4.39 Å². The molecule has 0 saturated carbocycles. The SMILES string of the molecule is Cn1c(C=O)cc2cc(F)c(Br)cc21. The highest BCUT2D eigenvalue weighted by Gasteiger charge is 2.08. The van der Waals surface area contributed by atoms with Crippen molar-refractivity contribution in [3.63, 3.8) is 0 Å². The van der Waals surface area contributed by atoms with Gasteiger partial charge in [-0.1, -0.05) is 0 Å². The van der Waals surface area contributed by atoms with Gasteiger partial charge in [0.15, 0.2) is 6.29 Å². The number of nitrogens with zero attached hydrogens (tertiary/aromatic N) is 1. The smallest absolute Gasteiger partial charge is 0.166 e. The molecule has 0 saturated heterocycles. The molecule has 1 aromatic carbocycles. The Labute approximate surface area is 88.5 Å². The largest absolute Gasteiger partial charge is 0.341 e. The maximum Gasteiger partial charge on any atom is 0.166 e. The van der Waals surface area contributed by atoms with Crippen LogP contribution in [0.1, 0.15) is 10.5 Å². The third-order valence-corrected chi connectivity index (χ3v) is 2.85. The van der Waals surface area contributed by atoms with E-state index in [4.69, 9.17) is 0 Å². The van der Waals surface area contributed by atoms with Crippen molar-refractivity contribution in [2.45, 2.75) is 0 Å². The first-order valence-corrected chi connectivity index (χ1v) is 4.82. The lowest BCUT2D eigenvalue weighted by Gasteiger charge is -1.99. The lowest BCUT2D eigenvalue weighted by atomic mass is 10.2. The molecule has 2 rings (SSSR count). The van der Waals surface area contributed by atoms with Gasteiger partial charge in [-0.05, 0) is 34.1 Å². The van der Waals surface area contributed by atoms with Crippen LogP contribution in [0.3, 0.4) is 0 Å². The Balaban J connectivity index is 2.86. The van der Waals surface area contributed by atoms with Crippen molar-refractivity contribution in [3.8, 4) is 0 Å². The summed E-state index contributed by atoms with van der Waals surface area (Å²) < 4.78 is 15.3. The molecule has 0 atom stereocenters. The van der Waals surface area contributed by atoms with E-state index in [2.05, 4.69) is 15.9 Å². The number of fused-ring (bicyclic) bond motifs is 1. The topological polar surface area (TPSA) is 22.0 Å². The van der Waals surface area contributed by atoms with E-state index >= 15 is 0 Å². The van der Waals surface area contributed by atoms with Gasteiger partial charge in [0.05, 0.1) is 10.2 Å². The lowest BCUT2D eigenvalue weighted by Crippen LogP contribution is -1.93. The zero-order chi connectivity index (χ0) is 10.3. The second kappa shape index (κ2) is 3.20. The van der Waals surface area contributed by atoms with E-state index in [1.54, 1.807) is 23.7 Å². The Morgan fingerprint density at radius 1 is 1.43 bits per heavy atom. The zero-order valence-electron chi connectivity index (χ0n) is 7.42. The second-order valence-electron chi connectivity index (χ2n) is 3.07. The van der Waals surface area contributed by atoms with E-state index in [1.165, 1.54) is 6.07 Å². The van der Waals surface area contributed by atoms with Gasteiger partial charge in [-0.3, -0.25) is 4.79 Å². The number of benzene rings is 1. The van der Waals surface area contributed by atoms with E-state index in [1.807, 2.05) is 0 Å². The van der Waals surface area contributed by atoms with Gasteiger partial charge in [-0.15, -0.1) is 0 Å². The Hall–Kier alpha value is -1.16. The molecule has 0 bridgehead atoms. The minimum absolute atomic E-state index is 0.319. The molecule has 72 valence electrons. The fraction of sp³-hybridized carbons (Fsp3) is 0.100. The third kappa shape index (κ3) is 1.26. The number of halogens is 2. The highest BCUT2D eigenvalue weighted by atomic mass is 79.9. The van der Waals surface area contributed by atoms with E-state index in [-0.39, 0.29) is 5.82 Å². The van der Waals surface area contributed by atoms with Gasteiger partial charge in [0.1, 0.15) is 5.82 Å². The summed E-state index contributed by atoms with van der Waals surface area (Å²) >= 11 is 3.10. The quantitative estimate of drug-likeness (QED) is 0.719. The van der Waals surface area contributed by atoms with Crippen LogP contribution < -0.4 is 0 Å². The number of aryl methyl sites for hydroxylation is 1. The molecular weight excluding hydrogens is 249 g/mol. The van der Waals surface area contributed by atoms with E-state index < -0.39 is 0 Å². The second-order valence-corrected chi connectivity index (χ2v) is 3.93. The Morgan fingerprint density at radius 3 is 2.79 bits per heavy atom. The Bertz CT molecular complexity index is 518. The number of rotatable bonds is 1. The molecule has 0 aliphatic rings. The minimum Gasteiger partial charge on any atom is -0.341 e. The Morgan fingerprint density at radius 2 is 2.14 bits per heavy atom. The van der Waals surface area contributed by atoms with Crippen molar-refractivity contribution in [1.82, 2.24) is 4.57 Å². The summed E-state index contributed by atoms with van der Waals surface area (Å²) in [5, 5.41) is 0.732. The summed E-state index contributed by atoms with van der Waals surface area (Å²) in [6.45, 7) is 0. The zero-order valence-corrected chi connectivity index (χ0v) is 9.01. The number of carbonyl (C=O) groups excluding carboxylic acids is 1. The third-order valence-electron chi connectivity index (χ3n) is 2.24. The van der Waals surface area contributed by atoms with Gasteiger partial charge in [0, 0.05) is 18.0 Å². The monoisotopic (exact) mass is 255 g/mol. The van der Waals surface area contributed by atoms with Crippen LogP contribution in [0.5, 0.6) is 0 Å². The first-order valence-electron chi connectivity index (χ1n) is 4.03. The highest BCUT2D eigenvalue weighted by Crippen LogP contribution is 2.25. The minimum atomic E-state index is -0.319. The average Bonchev–Trinajstić information content (AvgIpc) is 2.45. The molecular formula is C10H7BrFNO. The number of aromatic nitrogens is 1. The van der Waals surface area contributed by atoms with Gasteiger partial charge in [-0.25, -0.2) is 4.39 Å². The molecule has 0 radical (unpaired) electrons. The maximum absolute atomic E-state index is 13.1. The molecule has 0 aliphatic heterocycles. The molecule has 1 aromatic heterocycles. The molecule has 2 nitrogen and oxygen atoms in total. The first kappa shape index (κ1) is 9.40.